The molecule has 3 N–H and O–H groups in total. The molecule has 0 bridgehead atoms. The minimum atomic E-state index is -0.0540. The molecule has 2 aromatic rings. The fourth-order valence-electron chi connectivity index (χ4n) is 1.45. The van der Waals surface area contributed by atoms with Gasteiger partial charge in [-0.3, -0.25) is 5.41 Å². The molecule has 0 aliphatic carbocycles. The standard InChI is InChI=1S/C13H13N3O/c1-9-5-2-3-7-11(9)17-13-10(12(14)15)6-4-8-16-13/h2-8H,1H3,(H3,14,15). The summed E-state index contributed by atoms with van der Waals surface area (Å²) >= 11 is 0. The summed E-state index contributed by atoms with van der Waals surface area (Å²) in [5, 5.41) is 7.45. The van der Waals surface area contributed by atoms with E-state index in [4.69, 9.17) is 15.9 Å². The van der Waals surface area contributed by atoms with Crippen LogP contribution in [0.4, 0.5) is 0 Å². The van der Waals surface area contributed by atoms with E-state index in [1.807, 2.05) is 31.2 Å². The van der Waals surface area contributed by atoms with Crippen LogP contribution in [0.5, 0.6) is 11.6 Å². The summed E-state index contributed by atoms with van der Waals surface area (Å²) in [5.41, 5.74) is 6.97. The third-order valence-electron chi connectivity index (χ3n) is 2.36. The van der Waals surface area contributed by atoms with Gasteiger partial charge in [-0.15, -0.1) is 0 Å². The van der Waals surface area contributed by atoms with E-state index in [2.05, 4.69) is 4.98 Å². The van der Waals surface area contributed by atoms with Gasteiger partial charge in [0.2, 0.25) is 5.88 Å². The van der Waals surface area contributed by atoms with Gasteiger partial charge in [0.1, 0.15) is 11.6 Å². The van der Waals surface area contributed by atoms with Crippen molar-refractivity contribution in [1.29, 1.82) is 5.41 Å². The van der Waals surface area contributed by atoms with Crippen molar-refractivity contribution >= 4 is 5.84 Å². The van der Waals surface area contributed by atoms with Crippen LogP contribution in [0.1, 0.15) is 11.1 Å². The summed E-state index contributed by atoms with van der Waals surface area (Å²) in [6.45, 7) is 1.95. The van der Waals surface area contributed by atoms with E-state index in [0.29, 0.717) is 17.2 Å². The van der Waals surface area contributed by atoms with Crippen molar-refractivity contribution in [1.82, 2.24) is 4.98 Å². The third-order valence-corrected chi connectivity index (χ3v) is 2.36. The molecule has 0 radical (unpaired) electrons. The van der Waals surface area contributed by atoms with Gasteiger partial charge in [0, 0.05) is 6.20 Å². The lowest BCUT2D eigenvalue weighted by Crippen LogP contribution is -2.12. The highest BCUT2D eigenvalue weighted by Gasteiger charge is 2.09. The van der Waals surface area contributed by atoms with Crippen LogP contribution in [0.25, 0.3) is 0 Å². The first kappa shape index (κ1) is 11.1. The number of ether oxygens (including phenoxy) is 1. The average molecular weight is 227 g/mol. The number of benzene rings is 1. The summed E-state index contributed by atoms with van der Waals surface area (Å²) in [5.74, 6) is 1.02. The van der Waals surface area contributed by atoms with E-state index < -0.39 is 0 Å². The second kappa shape index (κ2) is 4.65. The molecule has 2 rings (SSSR count). The first-order valence-electron chi connectivity index (χ1n) is 5.21. The van der Waals surface area contributed by atoms with Crippen molar-refractivity contribution in [2.75, 3.05) is 0 Å². The molecule has 0 aliphatic heterocycles. The number of nitrogens with two attached hydrogens (primary N) is 1. The van der Waals surface area contributed by atoms with Crippen molar-refractivity contribution < 1.29 is 4.74 Å². The van der Waals surface area contributed by atoms with Crippen molar-refractivity contribution in [3.8, 4) is 11.6 Å². The van der Waals surface area contributed by atoms with Crippen LogP contribution >= 0.6 is 0 Å². The molecule has 0 saturated heterocycles. The number of hydrogen-bond acceptors (Lipinski definition) is 3. The Morgan fingerprint density at radius 1 is 1.24 bits per heavy atom. The van der Waals surface area contributed by atoms with Crippen molar-refractivity contribution in [3.63, 3.8) is 0 Å². The Kier molecular flexibility index (Phi) is 3.05. The van der Waals surface area contributed by atoms with Gasteiger partial charge in [0.25, 0.3) is 0 Å². The minimum absolute atomic E-state index is 0.0540. The van der Waals surface area contributed by atoms with Crippen LogP contribution in [0.2, 0.25) is 0 Å². The number of amidine groups is 1. The smallest absolute Gasteiger partial charge is 0.230 e. The number of para-hydroxylation sites is 1. The summed E-state index contributed by atoms with van der Waals surface area (Å²) in [7, 11) is 0. The third kappa shape index (κ3) is 2.42. The first-order valence-corrected chi connectivity index (χ1v) is 5.21. The van der Waals surface area contributed by atoms with Crippen molar-refractivity contribution in [3.05, 3.63) is 53.7 Å². The number of aromatic nitrogens is 1. The van der Waals surface area contributed by atoms with E-state index in [-0.39, 0.29) is 5.84 Å². The second-order valence-electron chi connectivity index (χ2n) is 3.64. The van der Waals surface area contributed by atoms with E-state index in [1.54, 1.807) is 18.3 Å². The number of nitrogens with zero attached hydrogens (tertiary/aromatic N) is 1. The fraction of sp³-hybridized carbons (Fsp3) is 0.0769. The zero-order valence-electron chi connectivity index (χ0n) is 9.47. The van der Waals surface area contributed by atoms with Gasteiger partial charge < -0.3 is 10.5 Å². The van der Waals surface area contributed by atoms with Gasteiger partial charge in [0.15, 0.2) is 0 Å². The quantitative estimate of drug-likeness (QED) is 0.625. The van der Waals surface area contributed by atoms with E-state index in [1.165, 1.54) is 0 Å². The molecular weight excluding hydrogens is 214 g/mol. The summed E-state index contributed by atoms with van der Waals surface area (Å²) in [6, 6.07) is 11.1. The maximum Gasteiger partial charge on any atom is 0.230 e. The molecule has 0 fully saturated rings. The van der Waals surface area contributed by atoms with Crippen LogP contribution in [-0.4, -0.2) is 10.8 Å². The van der Waals surface area contributed by atoms with E-state index in [0.717, 1.165) is 5.56 Å². The Labute approximate surface area is 99.6 Å². The largest absolute Gasteiger partial charge is 0.438 e. The normalized spacial score (nSPS) is 9.94. The Bertz CT molecular complexity index is 552. The van der Waals surface area contributed by atoms with Crippen LogP contribution in [0.15, 0.2) is 42.6 Å². The number of rotatable bonds is 3. The molecule has 86 valence electrons. The number of pyridine rings is 1. The number of aryl methyl sites for hydroxylation is 1. The molecule has 0 spiro atoms. The lowest BCUT2D eigenvalue weighted by Gasteiger charge is -2.10. The lowest BCUT2D eigenvalue weighted by atomic mass is 10.2. The molecule has 0 aliphatic rings. The Hall–Kier alpha value is -2.36. The van der Waals surface area contributed by atoms with Gasteiger partial charge in [-0.1, -0.05) is 18.2 Å². The highest BCUT2D eigenvalue weighted by Crippen LogP contribution is 2.25. The zero-order valence-corrected chi connectivity index (χ0v) is 9.47. The van der Waals surface area contributed by atoms with Gasteiger partial charge >= 0.3 is 0 Å². The molecule has 0 saturated carbocycles. The van der Waals surface area contributed by atoms with Gasteiger partial charge in [-0.05, 0) is 30.7 Å². The molecule has 17 heavy (non-hydrogen) atoms. The SMILES string of the molecule is Cc1ccccc1Oc1ncccc1C(=N)N. The highest BCUT2D eigenvalue weighted by atomic mass is 16.5. The van der Waals surface area contributed by atoms with Crippen LogP contribution in [-0.2, 0) is 0 Å². The topological polar surface area (TPSA) is 72.0 Å². The molecule has 0 atom stereocenters. The maximum absolute atomic E-state index is 7.45. The van der Waals surface area contributed by atoms with Crippen LogP contribution in [0.3, 0.4) is 0 Å². The minimum Gasteiger partial charge on any atom is -0.438 e. The number of hydrogen-bond donors (Lipinski definition) is 2. The molecule has 4 nitrogen and oxygen atoms in total. The molecule has 4 heteroatoms. The first-order chi connectivity index (χ1) is 8.18. The molecule has 0 amide bonds. The Morgan fingerprint density at radius 3 is 2.71 bits per heavy atom. The van der Waals surface area contributed by atoms with Gasteiger partial charge in [-0.25, -0.2) is 4.98 Å². The van der Waals surface area contributed by atoms with E-state index in [9.17, 15) is 0 Å². The number of nitrogen functional groups attached to an aromatic ring is 1. The maximum atomic E-state index is 7.45. The van der Waals surface area contributed by atoms with Crippen molar-refractivity contribution in [2.24, 2.45) is 5.73 Å². The van der Waals surface area contributed by atoms with Gasteiger partial charge in [0.05, 0.1) is 5.56 Å². The summed E-state index contributed by atoms with van der Waals surface area (Å²) in [4.78, 5) is 4.09. The predicted molar refractivity (Wildman–Crippen MR) is 66.5 cm³/mol. The van der Waals surface area contributed by atoms with Crippen molar-refractivity contribution in [2.45, 2.75) is 6.92 Å². The number of nitrogens with one attached hydrogen (secondary N) is 1. The zero-order chi connectivity index (χ0) is 12.3. The molecule has 0 unspecified atom stereocenters. The monoisotopic (exact) mass is 227 g/mol. The van der Waals surface area contributed by atoms with E-state index >= 15 is 0 Å². The Morgan fingerprint density at radius 2 is 2.00 bits per heavy atom. The summed E-state index contributed by atoms with van der Waals surface area (Å²) < 4.78 is 5.67. The van der Waals surface area contributed by atoms with Gasteiger partial charge in [-0.2, -0.15) is 0 Å². The average Bonchev–Trinajstić information content (AvgIpc) is 2.32. The second-order valence-corrected chi connectivity index (χ2v) is 3.64. The Balaban J connectivity index is 2.37. The van der Waals surface area contributed by atoms with Crippen LogP contribution < -0.4 is 10.5 Å². The molecule has 1 heterocycles. The molecular formula is C13H13N3O. The fourth-order valence-corrected chi connectivity index (χ4v) is 1.45. The molecule has 1 aromatic carbocycles. The summed E-state index contributed by atoms with van der Waals surface area (Å²) in [6.07, 6.45) is 1.61. The predicted octanol–water partition coefficient (Wildman–Crippen LogP) is 2.47. The highest BCUT2D eigenvalue weighted by molar-refractivity contribution is 5.97. The van der Waals surface area contributed by atoms with Crippen LogP contribution in [0, 0.1) is 12.3 Å². The lowest BCUT2D eigenvalue weighted by molar-refractivity contribution is 0.458. The molecule has 1 aromatic heterocycles.